The molecule has 0 atom stereocenters. The second-order valence-electron chi connectivity index (χ2n) is 2.27. The van der Waals surface area contributed by atoms with Gasteiger partial charge in [0.1, 0.15) is 12.1 Å². The Hall–Kier alpha value is -1.03. The number of hydrogen-bond acceptors (Lipinski definition) is 3. The topological polar surface area (TPSA) is 55.1 Å². The molecule has 1 amide bonds. The van der Waals surface area contributed by atoms with E-state index in [-0.39, 0.29) is 11.8 Å². The standard InChI is InChI=1S/C7H9ClN2O2/c1-5-10-6(4-12-5)3-9-7(11)2-8/h4H,2-3H2,1H3,(H,9,11). The Labute approximate surface area is 74.9 Å². The van der Waals surface area contributed by atoms with Crippen molar-refractivity contribution >= 4 is 17.5 Å². The summed E-state index contributed by atoms with van der Waals surface area (Å²) in [4.78, 5) is 14.7. The summed E-state index contributed by atoms with van der Waals surface area (Å²) in [6, 6.07) is 0. The molecular weight excluding hydrogens is 180 g/mol. The second-order valence-corrected chi connectivity index (χ2v) is 2.54. The molecule has 0 aliphatic rings. The van der Waals surface area contributed by atoms with Crippen molar-refractivity contribution in [2.24, 2.45) is 0 Å². The molecule has 0 unspecified atom stereocenters. The van der Waals surface area contributed by atoms with Gasteiger partial charge >= 0.3 is 0 Å². The van der Waals surface area contributed by atoms with E-state index < -0.39 is 0 Å². The van der Waals surface area contributed by atoms with Crippen LogP contribution in [0.1, 0.15) is 11.6 Å². The highest BCUT2D eigenvalue weighted by Crippen LogP contribution is 1.98. The molecule has 0 fully saturated rings. The maximum absolute atomic E-state index is 10.7. The lowest BCUT2D eigenvalue weighted by Gasteiger charge is -1.97. The number of nitrogens with zero attached hydrogens (tertiary/aromatic N) is 1. The Balaban J connectivity index is 2.38. The van der Waals surface area contributed by atoms with Crippen LogP contribution < -0.4 is 5.32 Å². The van der Waals surface area contributed by atoms with E-state index in [9.17, 15) is 4.79 Å². The maximum atomic E-state index is 10.7. The fraction of sp³-hybridized carbons (Fsp3) is 0.429. The molecule has 1 rings (SSSR count). The Morgan fingerprint density at radius 2 is 2.58 bits per heavy atom. The van der Waals surface area contributed by atoms with Gasteiger partial charge in [-0.25, -0.2) is 4.98 Å². The van der Waals surface area contributed by atoms with Crippen LogP contribution in [0.5, 0.6) is 0 Å². The third-order valence-corrected chi connectivity index (χ3v) is 1.50. The van der Waals surface area contributed by atoms with Gasteiger partial charge in [0.25, 0.3) is 0 Å². The van der Waals surface area contributed by atoms with E-state index in [4.69, 9.17) is 16.0 Å². The van der Waals surface area contributed by atoms with Gasteiger partial charge in [0.15, 0.2) is 5.89 Å². The normalized spacial score (nSPS) is 9.83. The fourth-order valence-corrected chi connectivity index (χ4v) is 0.820. The van der Waals surface area contributed by atoms with Gasteiger partial charge in [-0.15, -0.1) is 11.6 Å². The van der Waals surface area contributed by atoms with E-state index in [0.717, 1.165) is 0 Å². The van der Waals surface area contributed by atoms with Gasteiger partial charge in [-0.3, -0.25) is 4.79 Å². The van der Waals surface area contributed by atoms with Crippen LogP contribution in [0.2, 0.25) is 0 Å². The first-order valence-electron chi connectivity index (χ1n) is 3.46. The van der Waals surface area contributed by atoms with Gasteiger partial charge in [0, 0.05) is 6.92 Å². The van der Waals surface area contributed by atoms with Crippen LogP contribution >= 0.6 is 11.6 Å². The number of carbonyl (C=O) groups excluding carboxylic acids is 1. The minimum Gasteiger partial charge on any atom is -0.449 e. The first-order chi connectivity index (χ1) is 5.72. The van der Waals surface area contributed by atoms with E-state index >= 15 is 0 Å². The molecule has 0 aliphatic carbocycles. The molecule has 66 valence electrons. The molecule has 0 radical (unpaired) electrons. The molecular formula is C7H9ClN2O2. The number of carbonyl (C=O) groups is 1. The van der Waals surface area contributed by atoms with Gasteiger partial charge in [-0.2, -0.15) is 0 Å². The smallest absolute Gasteiger partial charge is 0.235 e. The minimum atomic E-state index is -0.211. The number of aryl methyl sites for hydroxylation is 1. The van der Waals surface area contributed by atoms with Gasteiger partial charge in [-0.05, 0) is 0 Å². The summed E-state index contributed by atoms with van der Waals surface area (Å²) in [5.74, 6) is 0.346. The zero-order chi connectivity index (χ0) is 8.97. The Morgan fingerprint density at radius 1 is 1.83 bits per heavy atom. The lowest BCUT2D eigenvalue weighted by molar-refractivity contribution is -0.118. The summed E-state index contributed by atoms with van der Waals surface area (Å²) in [5.41, 5.74) is 0.700. The van der Waals surface area contributed by atoms with Crippen molar-refractivity contribution in [3.05, 3.63) is 17.8 Å². The number of alkyl halides is 1. The maximum Gasteiger partial charge on any atom is 0.235 e. The number of rotatable bonds is 3. The Bertz CT molecular complexity index is 272. The highest BCUT2D eigenvalue weighted by Gasteiger charge is 2.01. The van der Waals surface area contributed by atoms with Crippen molar-refractivity contribution in [3.8, 4) is 0 Å². The quantitative estimate of drug-likeness (QED) is 0.716. The van der Waals surface area contributed by atoms with Crippen molar-refractivity contribution in [2.45, 2.75) is 13.5 Å². The van der Waals surface area contributed by atoms with Gasteiger partial charge in [-0.1, -0.05) is 0 Å². The number of amides is 1. The number of aromatic nitrogens is 1. The molecule has 1 N–H and O–H groups in total. The number of hydrogen-bond donors (Lipinski definition) is 1. The molecule has 0 aromatic carbocycles. The van der Waals surface area contributed by atoms with Crippen LogP contribution in [0.3, 0.4) is 0 Å². The molecule has 0 aliphatic heterocycles. The van der Waals surface area contributed by atoms with Crippen molar-refractivity contribution in [1.82, 2.24) is 10.3 Å². The van der Waals surface area contributed by atoms with E-state index in [1.807, 2.05) is 0 Å². The highest BCUT2D eigenvalue weighted by atomic mass is 35.5. The molecule has 1 heterocycles. The molecule has 0 spiro atoms. The SMILES string of the molecule is Cc1nc(CNC(=O)CCl)co1. The van der Waals surface area contributed by atoms with E-state index in [2.05, 4.69) is 10.3 Å². The first kappa shape index (κ1) is 9.06. The number of nitrogens with one attached hydrogen (secondary N) is 1. The number of halogens is 1. The average Bonchev–Trinajstić information content (AvgIpc) is 2.47. The molecule has 4 nitrogen and oxygen atoms in total. The van der Waals surface area contributed by atoms with Gasteiger partial charge in [0.05, 0.1) is 12.2 Å². The summed E-state index contributed by atoms with van der Waals surface area (Å²) in [6.45, 7) is 2.11. The van der Waals surface area contributed by atoms with Crippen molar-refractivity contribution in [2.75, 3.05) is 5.88 Å². The molecule has 12 heavy (non-hydrogen) atoms. The average molecular weight is 189 g/mol. The number of oxazole rings is 1. The zero-order valence-electron chi connectivity index (χ0n) is 6.63. The summed E-state index contributed by atoms with van der Waals surface area (Å²) in [6.07, 6.45) is 1.50. The molecule has 5 heteroatoms. The van der Waals surface area contributed by atoms with Crippen LogP contribution in [0.4, 0.5) is 0 Å². The third-order valence-electron chi connectivity index (χ3n) is 1.25. The molecule has 0 saturated carbocycles. The second kappa shape index (κ2) is 4.11. The minimum absolute atomic E-state index is 0.0309. The van der Waals surface area contributed by atoms with E-state index in [1.54, 1.807) is 6.92 Å². The summed E-state index contributed by atoms with van der Waals surface area (Å²) in [5, 5.41) is 2.57. The van der Waals surface area contributed by atoms with Gasteiger partial charge < -0.3 is 9.73 Å². The van der Waals surface area contributed by atoms with E-state index in [1.165, 1.54) is 6.26 Å². The van der Waals surface area contributed by atoms with Crippen LogP contribution in [-0.2, 0) is 11.3 Å². The predicted molar refractivity (Wildman–Crippen MR) is 43.8 cm³/mol. The lowest BCUT2D eigenvalue weighted by Crippen LogP contribution is -2.23. The predicted octanol–water partition coefficient (Wildman–Crippen LogP) is 0.838. The zero-order valence-corrected chi connectivity index (χ0v) is 7.39. The third kappa shape index (κ3) is 2.54. The van der Waals surface area contributed by atoms with Crippen molar-refractivity contribution in [3.63, 3.8) is 0 Å². The van der Waals surface area contributed by atoms with Crippen molar-refractivity contribution < 1.29 is 9.21 Å². The Morgan fingerprint density at radius 3 is 3.08 bits per heavy atom. The summed E-state index contributed by atoms with van der Waals surface area (Å²) in [7, 11) is 0. The lowest BCUT2D eigenvalue weighted by atomic mass is 10.5. The van der Waals surface area contributed by atoms with Gasteiger partial charge in [0.2, 0.25) is 5.91 Å². The monoisotopic (exact) mass is 188 g/mol. The fourth-order valence-electron chi connectivity index (χ4n) is 0.726. The van der Waals surface area contributed by atoms with Crippen LogP contribution in [0.15, 0.2) is 10.7 Å². The first-order valence-corrected chi connectivity index (χ1v) is 3.99. The van der Waals surface area contributed by atoms with Crippen molar-refractivity contribution in [1.29, 1.82) is 0 Å². The van der Waals surface area contributed by atoms with Crippen LogP contribution in [0, 0.1) is 6.92 Å². The summed E-state index contributed by atoms with van der Waals surface area (Å²) < 4.78 is 4.94. The Kier molecular flexibility index (Phi) is 3.10. The summed E-state index contributed by atoms with van der Waals surface area (Å²) >= 11 is 5.27. The van der Waals surface area contributed by atoms with E-state index in [0.29, 0.717) is 18.1 Å². The molecule has 0 bridgehead atoms. The molecule has 1 aromatic heterocycles. The molecule has 0 saturated heterocycles. The van der Waals surface area contributed by atoms with Crippen LogP contribution in [-0.4, -0.2) is 16.8 Å². The molecule has 1 aromatic rings. The highest BCUT2D eigenvalue weighted by molar-refractivity contribution is 6.27. The largest absolute Gasteiger partial charge is 0.449 e. The van der Waals surface area contributed by atoms with Crippen LogP contribution in [0.25, 0.3) is 0 Å².